The molecule has 0 saturated carbocycles. The molecule has 0 radical (unpaired) electrons. The van der Waals surface area contributed by atoms with E-state index in [2.05, 4.69) is 6.92 Å². The summed E-state index contributed by atoms with van der Waals surface area (Å²) in [7, 11) is -0.835. The van der Waals surface area contributed by atoms with Crippen molar-refractivity contribution in [3.05, 3.63) is 58.8 Å². The third-order valence-electron chi connectivity index (χ3n) is 6.10. The monoisotopic (exact) mass is 548 g/mol. The second-order valence-electron chi connectivity index (χ2n) is 9.03. The molecule has 0 fully saturated rings. The van der Waals surface area contributed by atoms with Gasteiger partial charge in [-0.15, -0.1) is 0 Å². The lowest BCUT2D eigenvalue weighted by Gasteiger charge is -2.15. The third-order valence-corrected chi connectivity index (χ3v) is 7.32. The van der Waals surface area contributed by atoms with Crippen LogP contribution in [0.25, 0.3) is 5.57 Å². The molecule has 0 aliphatic rings. The number of aliphatic carboxylic acids is 1. The summed E-state index contributed by atoms with van der Waals surface area (Å²) < 4.78 is 46.2. The number of aryl methyl sites for hydroxylation is 2. The van der Waals surface area contributed by atoms with Gasteiger partial charge in [0.15, 0.2) is 11.5 Å². The van der Waals surface area contributed by atoms with Crippen molar-refractivity contribution in [2.45, 2.75) is 65.7 Å². The summed E-state index contributed by atoms with van der Waals surface area (Å²) in [6.07, 6.45) is 5.51. The summed E-state index contributed by atoms with van der Waals surface area (Å²) >= 11 is 0. The van der Waals surface area contributed by atoms with Crippen molar-refractivity contribution in [2.24, 2.45) is 0 Å². The standard InChI is InChI=1S/C29H40O8S/c1-6-8-17-36-26-20-24(21(3)28(35-5)29(30)31)15-14-23(26)12-10-11-22-13-16-25(27(19-22)34-4)37-38(32,33)18-9-7-2/h13-16,19-20H,6-12,17-18H2,1-5H3,(H,30,31). The van der Waals surface area contributed by atoms with Gasteiger partial charge < -0.3 is 23.5 Å². The molecular weight excluding hydrogens is 508 g/mol. The molecule has 0 aliphatic heterocycles. The van der Waals surface area contributed by atoms with E-state index in [-0.39, 0.29) is 17.3 Å². The van der Waals surface area contributed by atoms with E-state index in [1.165, 1.54) is 14.2 Å². The van der Waals surface area contributed by atoms with Crippen molar-refractivity contribution >= 4 is 21.7 Å². The fourth-order valence-corrected chi connectivity index (χ4v) is 5.04. The van der Waals surface area contributed by atoms with Crippen LogP contribution in [0.3, 0.4) is 0 Å². The quantitative estimate of drug-likeness (QED) is 0.111. The number of methoxy groups -OCH3 is 2. The minimum absolute atomic E-state index is 0.0335. The summed E-state index contributed by atoms with van der Waals surface area (Å²) in [5, 5.41) is 9.41. The van der Waals surface area contributed by atoms with Crippen LogP contribution in [0.15, 0.2) is 42.2 Å². The largest absolute Gasteiger partial charge is 0.493 e. The Bertz CT molecular complexity index is 1200. The predicted octanol–water partition coefficient (Wildman–Crippen LogP) is 6.02. The number of ether oxygens (including phenoxy) is 3. The van der Waals surface area contributed by atoms with E-state index in [0.717, 1.165) is 61.0 Å². The van der Waals surface area contributed by atoms with Crippen LogP contribution in [0, 0.1) is 0 Å². The molecule has 38 heavy (non-hydrogen) atoms. The summed E-state index contributed by atoms with van der Waals surface area (Å²) in [4.78, 5) is 11.5. The Morgan fingerprint density at radius 1 is 0.895 bits per heavy atom. The Morgan fingerprint density at radius 2 is 1.63 bits per heavy atom. The number of hydrogen-bond donors (Lipinski definition) is 1. The van der Waals surface area contributed by atoms with Crippen LogP contribution in [0.5, 0.6) is 17.2 Å². The van der Waals surface area contributed by atoms with Crippen molar-refractivity contribution in [3.63, 3.8) is 0 Å². The summed E-state index contributed by atoms with van der Waals surface area (Å²) in [5.41, 5.74) is 3.28. The normalized spacial score (nSPS) is 12.0. The van der Waals surface area contributed by atoms with E-state index >= 15 is 0 Å². The molecule has 2 rings (SSSR count). The summed E-state index contributed by atoms with van der Waals surface area (Å²) in [6.45, 7) is 6.31. The Hall–Kier alpha value is -3.20. The SMILES string of the molecule is CCCCOc1cc(C(C)=C(OC)C(=O)O)ccc1CCCc1ccc(OS(=O)(=O)CCCC)c(OC)c1. The molecule has 0 aliphatic carbocycles. The van der Waals surface area contributed by atoms with Crippen LogP contribution in [0.4, 0.5) is 0 Å². The molecule has 0 bridgehead atoms. The number of carboxylic acid groups (broad SMARTS) is 1. The van der Waals surface area contributed by atoms with Crippen LogP contribution in [0.2, 0.25) is 0 Å². The molecule has 0 atom stereocenters. The lowest BCUT2D eigenvalue weighted by Crippen LogP contribution is -2.14. The summed E-state index contributed by atoms with van der Waals surface area (Å²) in [5.74, 6) is 0.0493. The van der Waals surface area contributed by atoms with Crippen molar-refractivity contribution in [3.8, 4) is 17.2 Å². The number of allylic oxidation sites excluding steroid dienone is 1. The van der Waals surface area contributed by atoms with E-state index < -0.39 is 16.1 Å². The van der Waals surface area contributed by atoms with Gasteiger partial charge in [-0.2, -0.15) is 8.42 Å². The molecule has 0 heterocycles. The third kappa shape index (κ3) is 9.28. The molecule has 8 nitrogen and oxygen atoms in total. The Morgan fingerprint density at radius 3 is 2.26 bits per heavy atom. The number of unbranched alkanes of at least 4 members (excludes halogenated alkanes) is 2. The summed E-state index contributed by atoms with van der Waals surface area (Å²) in [6, 6.07) is 11.0. The first-order valence-corrected chi connectivity index (χ1v) is 14.6. The smallest absolute Gasteiger partial charge is 0.371 e. The first-order chi connectivity index (χ1) is 18.1. The fraction of sp³-hybridized carbons (Fsp3) is 0.483. The van der Waals surface area contributed by atoms with Gasteiger partial charge in [-0.05, 0) is 73.9 Å². The van der Waals surface area contributed by atoms with Gasteiger partial charge in [-0.1, -0.05) is 44.9 Å². The number of benzene rings is 2. The maximum Gasteiger partial charge on any atom is 0.371 e. The molecule has 2 aromatic rings. The average molecular weight is 549 g/mol. The Balaban J connectivity index is 2.17. The zero-order valence-electron chi connectivity index (χ0n) is 23.0. The number of hydrogen-bond acceptors (Lipinski definition) is 7. The van der Waals surface area contributed by atoms with E-state index in [1.54, 1.807) is 19.1 Å². The van der Waals surface area contributed by atoms with Crippen molar-refractivity contribution < 1.29 is 36.7 Å². The van der Waals surface area contributed by atoms with Crippen LogP contribution in [-0.2, 0) is 32.5 Å². The number of rotatable bonds is 17. The molecule has 2 aromatic carbocycles. The second kappa shape index (κ2) is 15.3. The zero-order valence-corrected chi connectivity index (χ0v) is 23.9. The highest BCUT2D eigenvalue weighted by molar-refractivity contribution is 7.87. The van der Waals surface area contributed by atoms with Gasteiger partial charge in [0.1, 0.15) is 5.75 Å². The molecular formula is C29H40O8S. The molecule has 0 saturated heterocycles. The average Bonchev–Trinajstić information content (AvgIpc) is 2.89. The molecule has 1 N–H and O–H groups in total. The lowest BCUT2D eigenvalue weighted by molar-refractivity contribution is -0.135. The van der Waals surface area contributed by atoms with E-state index in [4.69, 9.17) is 18.4 Å². The fourth-order valence-electron chi connectivity index (χ4n) is 3.91. The molecule has 0 amide bonds. The highest BCUT2D eigenvalue weighted by atomic mass is 32.2. The van der Waals surface area contributed by atoms with Gasteiger partial charge in [0.25, 0.3) is 0 Å². The van der Waals surface area contributed by atoms with Crippen LogP contribution < -0.4 is 13.7 Å². The van der Waals surface area contributed by atoms with Crippen LogP contribution >= 0.6 is 0 Å². The molecule has 0 aromatic heterocycles. The maximum absolute atomic E-state index is 12.2. The van der Waals surface area contributed by atoms with Crippen molar-refractivity contribution in [1.29, 1.82) is 0 Å². The highest BCUT2D eigenvalue weighted by Crippen LogP contribution is 2.31. The van der Waals surface area contributed by atoms with Gasteiger partial charge in [-0.3, -0.25) is 0 Å². The maximum atomic E-state index is 12.2. The Kier molecular flexibility index (Phi) is 12.5. The number of carbonyl (C=O) groups is 1. The van der Waals surface area contributed by atoms with Gasteiger partial charge in [-0.25, -0.2) is 4.79 Å². The van der Waals surface area contributed by atoms with Crippen molar-refractivity contribution in [1.82, 2.24) is 0 Å². The van der Waals surface area contributed by atoms with E-state index in [1.807, 2.05) is 31.2 Å². The topological polar surface area (TPSA) is 108 Å². The van der Waals surface area contributed by atoms with Crippen LogP contribution in [0.1, 0.15) is 69.6 Å². The van der Waals surface area contributed by atoms with Crippen LogP contribution in [-0.4, -0.2) is 46.1 Å². The zero-order chi connectivity index (χ0) is 28.1. The highest BCUT2D eigenvalue weighted by Gasteiger charge is 2.17. The molecule has 210 valence electrons. The molecule has 9 heteroatoms. The van der Waals surface area contributed by atoms with E-state index in [9.17, 15) is 18.3 Å². The van der Waals surface area contributed by atoms with E-state index in [0.29, 0.717) is 24.4 Å². The first-order valence-electron chi connectivity index (χ1n) is 13.0. The van der Waals surface area contributed by atoms with Gasteiger partial charge >= 0.3 is 16.1 Å². The molecule has 0 unspecified atom stereocenters. The first kappa shape index (κ1) is 31.0. The van der Waals surface area contributed by atoms with Gasteiger partial charge in [0.2, 0.25) is 5.76 Å². The number of carboxylic acids is 1. The van der Waals surface area contributed by atoms with Gasteiger partial charge in [0.05, 0.1) is 26.6 Å². The molecule has 0 spiro atoms. The lowest BCUT2D eigenvalue weighted by atomic mass is 9.99. The second-order valence-corrected chi connectivity index (χ2v) is 10.7. The Labute approximate surface area is 226 Å². The minimum Gasteiger partial charge on any atom is -0.493 e. The van der Waals surface area contributed by atoms with Gasteiger partial charge in [0, 0.05) is 5.57 Å². The predicted molar refractivity (Wildman–Crippen MR) is 148 cm³/mol. The minimum atomic E-state index is -3.67. The van der Waals surface area contributed by atoms with Crippen molar-refractivity contribution in [2.75, 3.05) is 26.6 Å².